The average Bonchev–Trinajstić information content (AvgIpc) is 3.53. The van der Waals surface area contributed by atoms with Gasteiger partial charge in [-0.15, -0.1) is 0 Å². The Hall–Kier alpha value is -4.04. The zero-order valence-electron chi connectivity index (χ0n) is 21.3. The highest BCUT2D eigenvalue weighted by Gasteiger charge is 2.28. The molecule has 0 unspecified atom stereocenters. The van der Waals surface area contributed by atoms with Gasteiger partial charge in [0.15, 0.2) is 15.7 Å². The van der Waals surface area contributed by atoms with Crippen LogP contribution < -0.4 is 10.1 Å². The first-order valence-corrected chi connectivity index (χ1v) is 13.7. The Morgan fingerprint density at radius 3 is 2.65 bits per heavy atom. The summed E-state index contributed by atoms with van der Waals surface area (Å²) in [5.41, 5.74) is -2.17. The number of likely N-dealkylation sites (tertiary alicyclic amines) is 1. The van der Waals surface area contributed by atoms with Crippen LogP contribution in [0.15, 0.2) is 41.4 Å². The Morgan fingerprint density at radius 1 is 1.18 bits per heavy atom. The number of nitrogens with zero attached hydrogens (tertiary/aromatic N) is 3. The topological polar surface area (TPSA) is 117 Å². The Morgan fingerprint density at radius 2 is 1.95 bits per heavy atom. The fraction of sp³-hybridized carbons (Fsp3) is 0.269. The molecule has 0 radical (unpaired) electrons. The molecule has 210 valence electrons. The molecular formula is C26H23F4N5O4S. The maximum atomic E-state index is 15.6. The summed E-state index contributed by atoms with van der Waals surface area (Å²) < 4.78 is 90.7. The van der Waals surface area contributed by atoms with Crippen LogP contribution in [-0.2, 0) is 15.6 Å². The molecule has 14 heteroatoms. The second kappa shape index (κ2) is 10.5. The summed E-state index contributed by atoms with van der Waals surface area (Å²) in [5.74, 6) is -6.47. The van der Waals surface area contributed by atoms with E-state index in [2.05, 4.69) is 25.4 Å². The van der Waals surface area contributed by atoms with Gasteiger partial charge >= 0.3 is 0 Å². The standard InChI is InChI=1S/C26H23F4N5O4S/c1-35-8-7-15(11-35)32-25(36)24-17-5-4-16(22(30)23(17)33-34-24)20-18(28)6-3-13(21(20)29)12-40(37,38)19-9-14(27)10-31-26(19)39-2/h3-6,9-10,15H,7-8,11-12H2,1-2H3,(H,32,36)(H,33,34)/t15-/m1/s1. The summed E-state index contributed by atoms with van der Waals surface area (Å²) in [6, 6.07) is 4.68. The molecule has 40 heavy (non-hydrogen) atoms. The number of halogens is 4. The van der Waals surface area contributed by atoms with Crippen molar-refractivity contribution in [3.63, 3.8) is 0 Å². The monoisotopic (exact) mass is 577 g/mol. The molecule has 0 spiro atoms. The number of amides is 1. The summed E-state index contributed by atoms with van der Waals surface area (Å²) in [6.45, 7) is 1.47. The summed E-state index contributed by atoms with van der Waals surface area (Å²) in [7, 11) is -1.37. The van der Waals surface area contributed by atoms with Gasteiger partial charge < -0.3 is 15.0 Å². The van der Waals surface area contributed by atoms with E-state index in [1.54, 1.807) is 0 Å². The van der Waals surface area contributed by atoms with Gasteiger partial charge in [-0.1, -0.05) is 12.1 Å². The number of nitrogens with one attached hydrogen (secondary N) is 2. The molecule has 3 heterocycles. The van der Waals surface area contributed by atoms with Crippen molar-refractivity contribution in [3.8, 4) is 17.0 Å². The molecule has 9 nitrogen and oxygen atoms in total. The zero-order valence-corrected chi connectivity index (χ0v) is 22.1. The van der Waals surface area contributed by atoms with E-state index in [9.17, 15) is 22.0 Å². The fourth-order valence-corrected chi connectivity index (χ4v) is 6.23. The summed E-state index contributed by atoms with van der Waals surface area (Å²) in [6.07, 6.45) is 1.50. The average molecular weight is 578 g/mol. The number of carbonyl (C=O) groups is 1. The molecule has 1 aliphatic rings. The number of likely N-dealkylation sites (N-methyl/N-ethyl adjacent to an activating group) is 1. The minimum absolute atomic E-state index is 0.00607. The molecule has 0 aliphatic carbocycles. The van der Waals surface area contributed by atoms with Crippen LogP contribution in [0.3, 0.4) is 0 Å². The van der Waals surface area contributed by atoms with Gasteiger partial charge in [-0.05, 0) is 38.2 Å². The first-order valence-electron chi connectivity index (χ1n) is 12.1. The third kappa shape index (κ3) is 4.99. The zero-order chi connectivity index (χ0) is 28.8. The molecule has 2 aromatic heterocycles. The predicted molar refractivity (Wildman–Crippen MR) is 136 cm³/mol. The lowest BCUT2D eigenvalue weighted by Gasteiger charge is -2.13. The number of H-pyrrole nitrogens is 1. The van der Waals surface area contributed by atoms with Crippen molar-refractivity contribution >= 4 is 26.6 Å². The lowest BCUT2D eigenvalue weighted by atomic mass is 9.99. The number of hydrogen-bond donors (Lipinski definition) is 2. The largest absolute Gasteiger partial charge is 0.480 e. The van der Waals surface area contributed by atoms with Crippen LogP contribution in [0, 0.1) is 23.3 Å². The highest BCUT2D eigenvalue weighted by molar-refractivity contribution is 7.90. The number of carbonyl (C=O) groups excluding carboxylic acids is 1. The molecule has 0 bridgehead atoms. The minimum atomic E-state index is -4.43. The summed E-state index contributed by atoms with van der Waals surface area (Å²) >= 11 is 0. The van der Waals surface area contributed by atoms with E-state index >= 15 is 8.78 Å². The highest BCUT2D eigenvalue weighted by atomic mass is 32.2. The van der Waals surface area contributed by atoms with E-state index in [1.807, 2.05) is 7.05 Å². The van der Waals surface area contributed by atoms with Crippen molar-refractivity contribution in [2.24, 2.45) is 0 Å². The summed E-state index contributed by atoms with van der Waals surface area (Å²) in [4.78, 5) is 17.8. The van der Waals surface area contributed by atoms with Crippen LogP contribution in [0.25, 0.3) is 22.0 Å². The van der Waals surface area contributed by atoms with Crippen LogP contribution in [0.2, 0.25) is 0 Å². The van der Waals surface area contributed by atoms with E-state index in [0.717, 1.165) is 44.5 Å². The maximum Gasteiger partial charge on any atom is 0.270 e. The van der Waals surface area contributed by atoms with Crippen molar-refractivity contribution < 1.29 is 35.5 Å². The Balaban J connectivity index is 1.50. The summed E-state index contributed by atoms with van der Waals surface area (Å²) in [5, 5.41) is 9.31. The van der Waals surface area contributed by atoms with E-state index in [4.69, 9.17) is 4.74 Å². The Bertz CT molecular complexity index is 1740. The molecule has 1 fully saturated rings. The lowest BCUT2D eigenvalue weighted by molar-refractivity contribution is 0.0935. The van der Waals surface area contributed by atoms with E-state index in [1.165, 1.54) is 6.07 Å². The SMILES string of the molecule is COc1ncc(F)cc1S(=O)(=O)Cc1ccc(F)c(-c2ccc3c(C(=O)N[C@@H]4CCN(C)C4)[nH]nc3c2F)c1F. The van der Waals surface area contributed by atoms with E-state index < -0.39 is 72.2 Å². The smallest absolute Gasteiger partial charge is 0.270 e. The van der Waals surface area contributed by atoms with E-state index in [0.29, 0.717) is 12.6 Å². The van der Waals surface area contributed by atoms with Crippen molar-refractivity contribution in [1.29, 1.82) is 0 Å². The molecule has 4 aromatic rings. The van der Waals surface area contributed by atoms with Crippen LogP contribution in [-0.4, -0.2) is 67.7 Å². The van der Waals surface area contributed by atoms with Gasteiger partial charge in [0.25, 0.3) is 5.91 Å². The van der Waals surface area contributed by atoms with Crippen molar-refractivity contribution in [2.75, 3.05) is 27.2 Å². The molecule has 2 N–H and O–H groups in total. The second-order valence-corrected chi connectivity index (χ2v) is 11.4. The molecule has 1 amide bonds. The van der Waals surface area contributed by atoms with Gasteiger partial charge in [0.1, 0.15) is 33.6 Å². The Labute approximate surface area is 226 Å². The van der Waals surface area contributed by atoms with Crippen molar-refractivity contribution in [3.05, 3.63) is 71.1 Å². The second-order valence-electron chi connectivity index (χ2n) is 9.46. The van der Waals surface area contributed by atoms with Gasteiger partial charge in [-0.3, -0.25) is 9.89 Å². The molecule has 1 atom stereocenters. The number of rotatable bonds is 7. The normalized spacial score (nSPS) is 16.0. The number of pyridine rings is 1. The fourth-order valence-electron chi connectivity index (χ4n) is 4.74. The highest BCUT2D eigenvalue weighted by Crippen LogP contribution is 2.35. The van der Waals surface area contributed by atoms with Gasteiger partial charge in [0.05, 0.1) is 24.6 Å². The number of hydrogen-bond acceptors (Lipinski definition) is 7. The maximum absolute atomic E-state index is 15.6. The van der Waals surface area contributed by atoms with Gasteiger partial charge in [0.2, 0.25) is 5.88 Å². The number of methoxy groups -OCH3 is 1. The van der Waals surface area contributed by atoms with Crippen molar-refractivity contribution in [2.45, 2.75) is 23.1 Å². The first-order chi connectivity index (χ1) is 19.0. The van der Waals surface area contributed by atoms with Crippen molar-refractivity contribution in [1.82, 2.24) is 25.4 Å². The van der Waals surface area contributed by atoms with Crippen LogP contribution >= 0.6 is 0 Å². The quantitative estimate of drug-likeness (QED) is 0.323. The molecule has 0 saturated carbocycles. The number of benzene rings is 2. The first kappa shape index (κ1) is 27.5. The van der Waals surface area contributed by atoms with Gasteiger partial charge in [-0.25, -0.2) is 31.0 Å². The number of ether oxygens (including phenoxy) is 1. The molecule has 1 aliphatic heterocycles. The number of fused-ring (bicyclic) bond motifs is 1. The molecule has 5 rings (SSSR count). The molecule has 2 aromatic carbocycles. The van der Waals surface area contributed by atoms with E-state index in [-0.39, 0.29) is 22.6 Å². The number of aromatic nitrogens is 3. The van der Waals surface area contributed by atoms with Crippen LogP contribution in [0.4, 0.5) is 17.6 Å². The molecule has 1 saturated heterocycles. The lowest BCUT2D eigenvalue weighted by Crippen LogP contribution is -2.36. The number of aromatic amines is 1. The van der Waals surface area contributed by atoms with Gasteiger partial charge in [0, 0.05) is 29.1 Å². The number of sulfone groups is 1. The van der Waals surface area contributed by atoms with Crippen LogP contribution in [0.5, 0.6) is 5.88 Å². The third-order valence-electron chi connectivity index (χ3n) is 6.72. The molecular weight excluding hydrogens is 554 g/mol. The van der Waals surface area contributed by atoms with Crippen LogP contribution in [0.1, 0.15) is 22.5 Å². The third-order valence-corrected chi connectivity index (χ3v) is 8.37. The minimum Gasteiger partial charge on any atom is -0.480 e. The Kier molecular flexibility index (Phi) is 7.23. The van der Waals surface area contributed by atoms with Gasteiger partial charge in [-0.2, -0.15) is 5.10 Å². The predicted octanol–water partition coefficient (Wildman–Crippen LogP) is 3.60.